The smallest absolute Gasteiger partial charge is 0.245 e. The fourth-order valence-corrected chi connectivity index (χ4v) is 2.48. The van der Waals surface area contributed by atoms with E-state index in [0.717, 1.165) is 24.5 Å². The highest BCUT2D eigenvalue weighted by molar-refractivity contribution is 5.86. The van der Waals surface area contributed by atoms with Crippen LogP contribution >= 0.6 is 0 Å². The van der Waals surface area contributed by atoms with Gasteiger partial charge in [-0.3, -0.25) is 4.79 Å². The Labute approximate surface area is 142 Å². The molecule has 24 heavy (non-hydrogen) atoms. The number of aryl methyl sites for hydroxylation is 1. The highest BCUT2D eigenvalue weighted by Crippen LogP contribution is 2.23. The summed E-state index contributed by atoms with van der Waals surface area (Å²) in [5, 5.41) is 14.0. The zero-order chi connectivity index (χ0) is 17.5. The predicted octanol–water partition coefficient (Wildman–Crippen LogP) is 2.27. The summed E-state index contributed by atoms with van der Waals surface area (Å²) in [6.45, 7) is 5.88. The predicted molar refractivity (Wildman–Crippen MR) is 96.5 cm³/mol. The molecular formula is C18H24N4O2. The second-order valence-corrected chi connectivity index (χ2v) is 5.50. The molecule has 2 aromatic rings. The van der Waals surface area contributed by atoms with E-state index in [1.54, 1.807) is 12.1 Å². The lowest BCUT2D eigenvalue weighted by Crippen LogP contribution is -2.21. The number of hydrazone groups is 1. The lowest BCUT2D eigenvalue weighted by molar-refractivity contribution is -0.120. The van der Waals surface area contributed by atoms with Crippen LogP contribution < -0.4 is 10.3 Å². The van der Waals surface area contributed by atoms with Gasteiger partial charge in [-0.25, -0.2) is 5.43 Å². The third-order valence-electron chi connectivity index (χ3n) is 3.93. The van der Waals surface area contributed by atoms with Gasteiger partial charge in [-0.2, -0.15) is 5.10 Å². The van der Waals surface area contributed by atoms with E-state index in [9.17, 15) is 9.90 Å². The molecule has 0 aliphatic heterocycles. The molecule has 0 aliphatic rings. The molecule has 0 bridgehead atoms. The topological polar surface area (TPSA) is 69.9 Å². The Balaban J connectivity index is 1.96. The van der Waals surface area contributed by atoms with Crippen molar-refractivity contribution in [3.05, 3.63) is 47.8 Å². The van der Waals surface area contributed by atoms with Crippen LogP contribution in [-0.2, 0) is 18.3 Å². The number of anilines is 1. The number of nitrogens with one attached hydrogen (secondary N) is 1. The van der Waals surface area contributed by atoms with Gasteiger partial charge in [-0.15, -0.1) is 0 Å². The first kappa shape index (κ1) is 17.6. The molecular weight excluding hydrogens is 304 g/mol. The van der Waals surface area contributed by atoms with Crippen molar-refractivity contribution in [2.75, 3.05) is 18.0 Å². The summed E-state index contributed by atoms with van der Waals surface area (Å²) in [6.07, 6.45) is 3.60. The highest BCUT2D eigenvalue weighted by atomic mass is 16.3. The number of rotatable bonds is 7. The number of aromatic nitrogens is 1. The van der Waals surface area contributed by atoms with Crippen LogP contribution in [0.4, 0.5) is 5.69 Å². The fraction of sp³-hybridized carbons (Fsp3) is 0.333. The highest BCUT2D eigenvalue weighted by Gasteiger charge is 2.07. The van der Waals surface area contributed by atoms with Crippen LogP contribution in [0.1, 0.15) is 25.1 Å². The molecule has 0 saturated heterocycles. The van der Waals surface area contributed by atoms with Gasteiger partial charge in [-0.1, -0.05) is 0 Å². The maximum atomic E-state index is 11.9. The number of hydrogen-bond donors (Lipinski definition) is 2. The lowest BCUT2D eigenvalue weighted by atomic mass is 10.2. The monoisotopic (exact) mass is 328 g/mol. The molecule has 6 nitrogen and oxygen atoms in total. The van der Waals surface area contributed by atoms with Crippen LogP contribution in [0, 0.1) is 0 Å². The molecule has 0 saturated carbocycles. The van der Waals surface area contributed by atoms with Crippen LogP contribution in [0.3, 0.4) is 0 Å². The van der Waals surface area contributed by atoms with E-state index in [1.807, 2.05) is 36.0 Å². The second kappa shape index (κ2) is 8.19. The number of hydrogen-bond acceptors (Lipinski definition) is 4. The van der Waals surface area contributed by atoms with E-state index < -0.39 is 0 Å². The number of amides is 1. The normalized spacial score (nSPS) is 11.0. The maximum absolute atomic E-state index is 11.9. The molecule has 1 aromatic heterocycles. The summed E-state index contributed by atoms with van der Waals surface area (Å²) in [6, 6.07) is 9.21. The van der Waals surface area contributed by atoms with Crippen molar-refractivity contribution < 1.29 is 9.90 Å². The molecule has 6 heteroatoms. The van der Waals surface area contributed by atoms with E-state index in [4.69, 9.17) is 0 Å². The van der Waals surface area contributed by atoms with Crippen LogP contribution in [-0.4, -0.2) is 34.9 Å². The number of phenols is 1. The van der Waals surface area contributed by atoms with Gasteiger partial charge >= 0.3 is 0 Å². The molecule has 0 spiro atoms. The Morgan fingerprint density at radius 3 is 2.67 bits per heavy atom. The molecule has 0 unspecified atom stereocenters. The Kier molecular flexibility index (Phi) is 6.01. The molecule has 1 aromatic carbocycles. The van der Waals surface area contributed by atoms with Gasteiger partial charge in [0, 0.05) is 49.3 Å². The summed E-state index contributed by atoms with van der Waals surface area (Å²) in [7, 11) is 1.89. The first-order chi connectivity index (χ1) is 11.5. The van der Waals surface area contributed by atoms with Crippen molar-refractivity contribution in [2.24, 2.45) is 12.1 Å². The number of benzene rings is 1. The SMILES string of the molecule is CCN(CC)c1ccc(/C=N\NC(=O)Cc2cccn2C)c(O)c1. The number of phenolic OH excluding ortho intramolecular Hbond substituents is 1. The number of nitrogens with zero attached hydrogens (tertiary/aromatic N) is 3. The van der Waals surface area contributed by atoms with E-state index >= 15 is 0 Å². The van der Waals surface area contributed by atoms with Crippen molar-refractivity contribution in [3.63, 3.8) is 0 Å². The summed E-state index contributed by atoms with van der Waals surface area (Å²) >= 11 is 0. The molecule has 2 rings (SSSR count). The maximum Gasteiger partial charge on any atom is 0.245 e. The number of carbonyl (C=O) groups excluding carboxylic acids is 1. The minimum Gasteiger partial charge on any atom is -0.507 e. The van der Waals surface area contributed by atoms with E-state index in [1.165, 1.54) is 6.21 Å². The zero-order valence-corrected chi connectivity index (χ0v) is 14.4. The largest absolute Gasteiger partial charge is 0.507 e. The minimum atomic E-state index is -0.202. The zero-order valence-electron chi connectivity index (χ0n) is 14.4. The van der Waals surface area contributed by atoms with Crippen molar-refractivity contribution in [2.45, 2.75) is 20.3 Å². The van der Waals surface area contributed by atoms with Crippen LogP contribution in [0.15, 0.2) is 41.6 Å². The molecule has 1 amide bonds. The van der Waals surface area contributed by atoms with Crippen LogP contribution in [0.5, 0.6) is 5.75 Å². The number of aromatic hydroxyl groups is 1. The van der Waals surface area contributed by atoms with Crippen molar-refractivity contribution in [1.29, 1.82) is 0 Å². The van der Waals surface area contributed by atoms with Crippen LogP contribution in [0.25, 0.3) is 0 Å². The lowest BCUT2D eigenvalue weighted by Gasteiger charge is -2.21. The molecule has 0 fully saturated rings. The average Bonchev–Trinajstić information content (AvgIpc) is 2.95. The minimum absolute atomic E-state index is 0.139. The standard InChI is InChI=1S/C18H24N4O2/c1-4-22(5-2)16-9-8-14(17(23)11-16)13-19-20-18(24)12-15-7-6-10-21(15)3/h6-11,13,23H,4-5,12H2,1-3H3,(H,20,24)/b19-13-. The van der Waals surface area contributed by atoms with E-state index in [-0.39, 0.29) is 18.1 Å². The first-order valence-electron chi connectivity index (χ1n) is 8.05. The second-order valence-electron chi connectivity index (χ2n) is 5.50. The Bertz CT molecular complexity index is 718. The molecule has 0 aliphatic carbocycles. The van der Waals surface area contributed by atoms with Gasteiger partial charge in [0.2, 0.25) is 5.91 Å². The molecule has 1 heterocycles. The Morgan fingerprint density at radius 1 is 1.33 bits per heavy atom. The fourth-order valence-electron chi connectivity index (χ4n) is 2.48. The van der Waals surface area contributed by atoms with Gasteiger partial charge < -0.3 is 14.6 Å². The van der Waals surface area contributed by atoms with Gasteiger partial charge in [0.25, 0.3) is 0 Å². The molecule has 0 radical (unpaired) electrons. The molecule has 2 N–H and O–H groups in total. The summed E-state index contributed by atoms with van der Waals surface area (Å²) in [5.74, 6) is -0.0628. The average molecular weight is 328 g/mol. The summed E-state index contributed by atoms with van der Waals surface area (Å²) in [5.41, 5.74) is 4.91. The molecule has 0 atom stereocenters. The Hall–Kier alpha value is -2.76. The van der Waals surface area contributed by atoms with Gasteiger partial charge in [0.05, 0.1) is 12.6 Å². The van der Waals surface area contributed by atoms with Gasteiger partial charge in [0.15, 0.2) is 0 Å². The first-order valence-corrected chi connectivity index (χ1v) is 8.05. The van der Waals surface area contributed by atoms with Gasteiger partial charge in [-0.05, 0) is 38.1 Å². The third kappa shape index (κ3) is 4.38. The quantitative estimate of drug-likeness (QED) is 0.605. The van der Waals surface area contributed by atoms with E-state index in [2.05, 4.69) is 29.3 Å². The van der Waals surface area contributed by atoms with Crippen LogP contribution in [0.2, 0.25) is 0 Å². The van der Waals surface area contributed by atoms with E-state index in [0.29, 0.717) is 5.56 Å². The van der Waals surface area contributed by atoms with Crippen molar-refractivity contribution >= 4 is 17.8 Å². The van der Waals surface area contributed by atoms with Crippen molar-refractivity contribution in [1.82, 2.24) is 9.99 Å². The van der Waals surface area contributed by atoms with Crippen molar-refractivity contribution in [3.8, 4) is 5.75 Å². The summed E-state index contributed by atoms with van der Waals surface area (Å²) in [4.78, 5) is 14.0. The van der Waals surface area contributed by atoms with Gasteiger partial charge in [0.1, 0.15) is 5.75 Å². The molecule has 128 valence electrons. The third-order valence-corrected chi connectivity index (χ3v) is 3.93. The number of carbonyl (C=O) groups is 1. The summed E-state index contributed by atoms with van der Waals surface area (Å²) < 4.78 is 1.89. The Morgan fingerprint density at radius 2 is 2.08 bits per heavy atom.